The Morgan fingerprint density at radius 2 is 1.41 bits per heavy atom. The molecule has 0 unspecified atom stereocenters. The lowest BCUT2D eigenvalue weighted by Crippen LogP contribution is -2.15. The highest BCUT2D eigenvalue weighted by Crippen LogP contribution is 2.34. The Kier molecular flexibility index (Phi) is 11.0. The molecular weight excluding hydrogens is 392 g/mol. The fourth-order valence-corrected chi connectivity index (χ4v) is 4.96. The molecule has 1 aromatic heterocycles. The molecule has 0 aliphatic heterocycles. The van der Waals surface area contributed by atoms with Crippen LogP contribution in [-0.4, -0.2) is 16.6 Å². The Labute approximate surface area is 196 Å². The fraction of sp³-hybridized carbons (Fsp3) is 0.655. The van der Waals surface area contributed by atoms with Crippen LogP contribution in [0.15, 0.2) is 36.7 Å². The van der Waals surface area contributed by atoms with Crippen LogP contribution < -0.4 is 4.74 Å². The second kappa shape index (κ2) is 14.3. The second-order valence-corrected chi connectivity index (χ2v) is 9.75. The van der Waals surface area contributed by atoms with Gasteiger partial charge in [-0.1, -0.05) is 78.1 Å². The molecule has 3 rings (SSSR count). The van der Waals surface area contributed by atoms with Gasteiger partial charge in [-0.3, -0.25) is 9.97 Å². The Morgan fingerprint density at radius 1 is 0.750 bits per heavy atom. The van der Waals surface area contributed by atoms with Gasteiger partial charge in [-0.2, -0.15) is 0 Å². The molecule has 0 bridgehead atoms. The lowest BCUT2D eigenvalue weighted by Gasteiger charge is -2.28. The van der Waals surface area contributed by atoms with Crippen LogP contribution in [0.4, 0.5) is 0 Å². The van der Waals surface area contributed by atoms with E-state index in [1.165, 1.54) is 77.0 Å². The number of rotatable bonds is 14. The zero-order valence-electron chi connectivity index (χ0n) is 20.5. The summed E-state index contributed by atoms with van der Waals surface area (Å²) in [5.41, 5.74) is 3.12. The summed E-state index contributed by atoms with van der Waals surface area (Å²) in [6.45, 7) is 5.35. The second-order valence-electron chi connectivity index (χ2n) is 9.75. The summed E-state index contributed by atoms with van der Waals surface area (Å²) in [5.74, 6) is 2.89. The van der Waals surface area contributed by atoms with Gasteiger partial charge in [-0.15, -0.1) is 0 Å². The number of aryl methyl sites for hydroxylation is 1. The average molecular weight is 437 g/mol. The van der Waals surface area contributed by atoms with E-state index in [-0.39, 0.29) is 0 Å². The Morgan fingerprint density at radius 3 is 2.03 bits per heavy atom. The quantitative estimate of drug-likeness (QED) is 0.279. The number of nitrogens with zero attached hydrogens (tertiary/aromatic N) is 2. The largest absolute Gasteiger partial charge is 0.494 e. The van der Waals surface area contributed by atoms with Crippen LogP contribution in [0.5, 0.6) is 5.75 Å². The summed E-state index contributed by atoms with van der Waals surface area (Å²) < 4.78 is 6.01. The van der Waals surface area contributed by atoms with E-state index in [1.54, 1.807) is 0 Å². The molecule has 1 aliphatic rings. The van der Waals surface area contributed by atoms with Gasteiger partial charge in [0.05, 0.1) is 24.2 Å². The number of hydrogen-bond acceptors (Lipinski definition) is 3. The Balaban J connectivity index is 1.32. The fourth-order valence-electron chi connectivity index (χ4n) is 4.96. The molecule has 0 amide bonds. The molecule has 0 atom stereocenters. The van der Waals surface area contributed by atoms with Crippen molar-refractivity contribution in [3.8, 4) is 17.0 Å². The van der Waals surface area contributed by atoms with Crippen molar-refractivity contribution >= 4 is 0 Å². The van der Waals surface area contributed by atoms with E-state index in [9.17, 15) is 0 Å². The smallest absolute Gasteiger partial charge is 0.119 e. The molecule has 0 radical (unpaired) electrons. The van der Waals surface area contributed by atoms with Crippen molar-refractivity contribution in [2.45, 2.75) is 104 Å². The molecule has 3 nitrogen and oxygen atoms in total. The molecule has 176 valence electrons. The minimum atomic E-state index is 0.821. The monoisotopic (exact) mass is 436 g/mol. The highest BCUT2D eigenvalue weighted by Gasteiger charge is 2.20. The van der Waals surface area contributed by atoms with Crippen LogP contribution in [0.1, 0.15) is 103 Å². The summed E-state index contributed by atoms with van der Waals surface area (Å²) in [6.07, 6.45) is 22.5. The van der Waals surface area contributed by atoms with Crippen LogP contribution in [0.2, 0.25) is 0 Å². The number of ether oxygens (including phenoxy) is 1. The number of unbranched alkanes of at least 4 members (excludes halogenated alkanes) is 4. The van der Waals surface area contributed by atoms with Crippen LogP contribution in [-0.2, 0) is 6.42 Å². The summed E-state index contributed by atoms with van der Waals surface area (Å²) >= 11 is 0. The van der Waals surface area contributed by atoms with Crippen molar-refractivity contribution < 1.29 is 4.74 Å². The molecule has 0 N–H and O–H groups in total. The molecule has 1 heterocycles. The first-order valence-electron chi connectivity index (χ1n) is 13.3. The predicted octanol–water partition coefficient (Wildman–Crippen LogP) is 8.42. The Hall–Kier alpha value is -1.90. The van der Waals surface area contributed by atoms with Crippen LogP contribution in [0, 0.1) is 11.8 Å². The van der Waals surface area contributed by atoms with Gasteiger partial charge in [0, 0.05) is 11.8 Å². The minimum absolute atomic E-state index is 0.821. The van der Waals surface area contributed by atoms with E-state index < -0.39 is 0 Å². The van der Waals surface area contributed by atoms with Crippen molar-refractivity contribution in [2.75, 3.05) is 6.61 Å². The average Bonchev–Trinajstić information content (AvgIpc) is 2.84. The lowest BCUT2D eigenvalue weighted by atomic mass is 9.78. The first-order chi connectivity index (χ1) is 15.8. The van der Waals surface area contributed by atoms with Crippen LogP contribution in [0.3, 0.4) is 0 Å². The topological polar surface area (TPSA) is 35.0 Å². The summed E-state index contributed by atoms with van der Waals surface area (Å²) in [7, 11) is 0. The third kappa shape index (κ3) is 8.56. The third-order valence-corrected chi connectivity index (χ3v) is 7.10. The number of aromatic nitrogens is 2. The van der Waals surface area contributed by atoms with Gasteiger partial charge in [-0.25, -0.2) is 0 Å². The maximum absolute atomic E-state index is 6.01. The van der Waals surface area contributed by atoms with Gasteiger partial charge in [0.2, 0.25) is 0 Å². The summed E-state index contributed by atoms with van der Waals surface area (Å²) in [6, 6.07) is 8.31. The molecule has 1 aromatic carbocycles. The summed E-state index contributed by atoms with van der Waals surface area (Å²) in [4.78, 5) is 9.19. The van der Waals surface area contributed by atoms with E-state index >= 15 is 0 Å². The number of benzene rings is 1. The van der Waals surface area contributed by atoms with Crippen molar-refractivity contribution in [2.24, 2.45) is 11.8 Å². The Bertz CT molecular complexity index is 733. The molecule has 3 heteroatoms. The SMILES string of the molecule is CCCCCc1cnc(-c2ccc(OCCCC3CCC(CCCCC)CC3)cc2)cn1. The van der Waals surface area contributed by atoms with Crippen molar-refractivity contribution in [3.05, 3.63) is 42.4 Å². The zero-order valence-corrected chi connectivity index (χ0v) is 20.5. The lowest BCUT2D eigenvalue weighted by molar-refractivity contribution is 0.228. The van der Waals surface area contributed by atoms with Crippen molar-refractivity contribution in [1.29, 1.82) is 0 Å². The van der Waals surface area contributed by atoms with Gasteiger partial charge in [-0.05, 0) is 61.8 Å². The molecule has 32 heavy (non-hydrogen) atoms. The molecule has 0 saturated heterocycles. The van der Waals surface area contributed by atoms with Gasteiger partial charge >= 0.3 is 0 Å². The van der Waals surface area contributed by atoms with Gasteiger partial charge in [0.15, 0.2) is 0 Å². The normalized spacial score (nSPS) is 18.6. The molecular formula is C29H44N2O. The van der Waals surface area contributed by atoms with E-state index in [0.717, 1.165) is 54.0 Å². The van der Waals surface area contributed by atoms with E-state index in [0.29, 0.717) is 0 Å². The molecule has 2 aromatic rings. The number of hydrogen-bond donors (Lipinski definition) is 0. The van der Waals surface area contributed by atoms with E-state index in [4.69, 9.17) is 4.74 Å². The molecule has 0 spiro atoms. The van der Waals surface area contributed by atoms with Crippen LogP contribution >= 0.6 is 0 Å². The molecule has 1 aliphatic carbocycles. The minimum Gasteiger partial charge on any atom is -0.494 e. The highest BCUT2D eigenvalue weighted by atomic mass is 16.5. The van der Waals surface area contributed by atoms with Gasteiger partial charge in [0.1, 0.15) is 5.75 Å². The van der Waals surface area contributed by atoms with E-state index in [1.807, 2.05) is 12.4 Å². The van der Waals surface area contributed by atoms with Gasteiger partial charge in [0.25, 0.3) is 0 Å². The third-order valence-electron chi connectivity index (χ3n) is 7.10. The van der Waals surface area contributed by atoms with Gasteiger partial charge < -0.3 is 4.74 Å². The molecule has 1 fully saturated rings. The highest BCUT2D eigenvalue weighted by molar-refractivity contribution is 5.58. The standard InChI is InChI=1S/C29H44N2O/c1-3-5-7-10-24-13-15-25(16-14-24)11-9-21-32-28-19-17-26(18-20-28)29-23-30-27(22-31-29)12-8-6-4-2/h17-20,22-25H,3-16,21H2,1-2H3. The van der Waals surface area contributed by atoms with Crippen LogP contribution in [0.25, 0.3) is 11.3 Å². The first kappa shape index (κ1) is 24.7. The van der Waals surface area contributed by atoms with Crippen molar-refractivity contribution in [1.82, 2.24) is 9.97 Å². The maximum Gasteiger partial charge on any atom is 0.119 e. The summed E-state index contributed by atoms with van der Waals surface area (Å²) in [5, 5.41) is 0. The van der Waals surface area contributed by atoms with Crippen molar-refractivity contribution in [3.63, 3.8) is 0 Å². The zero-order chi connectivity index (χ0) is 22.4. The first-order valence-corrected chi connectivity index (χ1v) is 13.3. The molecule has 1 saturated carbocycles. The van der Waals surface area contributed by atoms with E-state index in [2.05, 4.69) is 48.1 Å². The predicted molar refractivity (Wildman–Crippen MR) is 135 cm³/mol. The maximum atomic E-state index is 6.01.